The zero-order valence-electron chi connectivity index (χ0n) is 15.1. The van der Waals surface area contributed by atoms with Gasteiger partial charge in [0, 0.05) is 26.2 Å². The van der Waals surface area contributed by atoms with Crippen LogP contribution in [0.15, 0.2) is 40.6 Å². The van der Waals surface area contributed by atoms with Crippen molar-refractivity contribution in [3.63, 3.8) is 0 Å². The molecule has 0 unspecified atom stereocenters. The Morgan fingerprint density at radius 2 is 1.68 bits per heavy atom. The number of benzene rings is 1. The summed E-state index contributed by atoms with van der Waals surface area (Å²) in [4.78, 5) is 15.0. The SMILES string of the molecule is O=C(N1CCN(S(=O)(=O)c2ccc(Cl)s2)CC1)C1(c2ccc(F)cc2)CCC1. The molecular formula is C19H20ClFN2O3S2. The maximum absolute atomic E-state index is 13.3. The van der Waals surface area contributed by atoms with Crippen molar-refractivity contribution in [3.05, 3.63) is 52.1 Å². The van der Waals surface area contributed by atoms with E-state index in [0.717, 1.165) is 36.2 Å². The van der Waals surface area contributed by atoms with Gasteiger partial charge < -0.3 is 4.90 Å². The van der Waals surface area contributed by atoms with Crippen LogP contribution in [0, 0.1) is 5.82 Å². The number of hydrogen-bond donors (Lipinski definition) is 0. The Kier molecular flexibility index (Phi) is 5.24. The first-order valence-corrected chi connectivity index (χ1v) is 11.8. The predicted octanol–water partition coefficient (Wildman–Crippen LogP) is 3.50. The van der Waals surface area contributed by atoms with Gasteiger partial charge in [0.25, 0.3) is 10.0 Å². The lowest BCUT2D eigenvalue weighted by molar-refractivity contribution is -0.142. The number of hydrogen-bond acceptors (Lipinski definition) is 4. The molecule has 5 nitrogen and oxygen atoms in total. The maximum atomic E-state index is 13.3. The normalized spacial score (nSPS) is 20.0. The van der Waals surface area contributed by atoms with E-state index in [1.54, 1.807) is 23.1 Å². The Bertz CT molecular complexity index is 979. The Morgan fingerprint density at radius 1 is 1.04 bits per heavy atom. The second-order valence-corrected chi connectivity index (χ2v) is 11.1. The van der Waals surface area contributed by atoms with E-state index in [9.17, 15) is 17.6 Å². The van der Waals surface area contributed by atoms with Gasteiger partial charge in [0.15, 0.2) is 0 Å². The minimum absolute atomic E-state index is 0.0153. The molecule has 1 aliphatic heterocycles. The molecule has 0 N–H and O–H groups in total. The van der Waals surface area contributed by atoms with Crippen LogP contribution in [0.5, 0.6) is 0 Å². The van der Waals surface area contributed by atoms with Crippen LogP contribution in [0.25, 0.3) is 0 Å². The summed E-state index contributed by atoms with van der Waals surface area (Å²) in [6.45, 7) is 1.20. The smallest absolute Gasteiger partial charge is 0.252 e. The van der Waals surface area contributed by atoms with Gasteiger partial charge in [-0.15, -0.1) is 11.3 Å². The van der Waals surface area contributed by atoms with Crippen LogP contribution >= 0.6 is 22.9 Å². The molecule has 1 amide bonds. The number of carbonyl (C=O) groups excluding carboxylic acids is 1. The number of sulfonamides is 1. The van der Waals surface area contributed by atoms with Crippen molar-refractivity contribution < 1.29 is 17.6 Å². The van der Waals surface area contributed by atoms with Gasteiger partial charge in [-0.25, -0.2) is 12.8 Å². The third-order valence-corrected chi connectivity index (χ3v) is 9.28. The molecule has 2 fully saturated rings. The maximum Gasteiger partial charge on any atom is 0.252 e. The number of amides is 1. The van der Waals surface area contributed by atoms with Gasteiger partial charge in [0.1, 0.15) is 10.0 Å². The van der Waals surface area contributed by atoms with Gasteiger partial charge in [0.05, 0.1) is 9.75 Å². The summed E-state index contributed by atoms with van der Waals surface area (Å²) in [7, 11) is -3.59. The quantitative estimate of drug-likeness (QED) is 0.728. The number of halogens is 2. The average Bonchev–Trinajstić information content (AvgIpc) is 3.09. The van der Waals surface area contributed by atoms with Crippen LogP contribution < -0.4 is 0 Å². The molecule has 0 atom stereocenters. The molecule has 1 saturated carbocycles. The van der Waals surface area contributed by atoms with Crippen molar-refractivity contribution in [2.75, 3.05) is 26.2 Å². The number of nitrogens with zero attached hydrogens (tertiary/aromatic N) is 2. The van der Waals surface area contributed by atoms with Crippen molar-refractivity contribution in [1.82, 2.24) is 9.21 Å². The summed E-state index contributed by atoms with van der Waals surface area (Å²) in [5.41, 5.74) is 0.240. The molecule has 2 aliphatic rings. The van der Waals surface area contributed by atoms with Crippen molar-refractivity contribution in [2.45, 2.75) is 28.9 Å². The standard InChI is InChI=1S/C19H20ClFN2O3S2/c20-16-6-7-17(27-16)28(25,26)23-12-10-22(11-13-23)18(24)19(8-1-9-19)14-2-4-15(21)5-3-14/h2-7H,1,8-13H2. The first-order valence-electron chi connectivity index (χ1n) is 9.14. The lowest BCUT2D eigenvalue weighted by atomic mass is 9.63. The molecule has 4 rings (SSSR count). The second-order valence-electron chi connectivity index (χ2n) is 7.20. The largest absolute Gasteiger partial charge is 0.339 e. The molecule has 1 aromatic carbocycles. The molecule has 1 saturated heterocycles. The lowest BCUT2D eigenvalue weighted by Gasteiger charge is -2.45. The monoisotopic (exact) mass is 442 g/mol. The van der Waals surface area contributed by atoms with E-state index < -0.39 is 15.4 Å². The van der Waals surface area contributed by atoms with Gasteiger partial charge in [-0.05, 0) is 42.7 Å². The highest BCUT2D eigenvalue weighted by Gasteiger charge is 2.48. The molecular weight excluding hydrogens is 423 g/mol. The molecule has 1 aliphatic carbocycles. The highest BCUT2D eigenvalue weighted by atomic mass is 35.5. The van der Waals surface area contributed by atoms with Gasteiger partial charge >= 0.3 is 0 Å². The highest BCUT2D eigenvalue weighted by molar-refractivity contribution is 7.91. The third kappa shape index (κ3) is 3.36. The number of piperazine rings is 1. The van der Waals surface area contributed by atoms with E-state index in [4.69, 9.17) is 11.6 Å². The van der Waals surface area contributed by atoms with Gasteiger partial charge in [0.2, 0.25) is 5.91 Å². The summed E-state index contributed by atoms with van der Waals surface area (Å²) >= 11 is 6.91. The van der Waals surface area contributed by atoms with Crippen LogP contribution in [-0.4, -0.2) is 49.7 Å². The number of rotatable bonds is 4. The molecule has 0 spiro atoms. The summed E-state index contributed by atoms with van der Waals surface area (Å²) in [6.07, 6.45) is 2.43. The molecule has 9 heteroatoms. The molecule has 1 aromatic heterocycles. The molecule has 150 valence electrons. The summed E-state index contributed by atoms with van der Waals surface area (Å²) in [6, 6.07) is 9.24. The van der Waals surface area contributed by atoms with Crippen molar-refractivity contribution in [3.8, 4) is 0 Å². The molecule has 2 heterocycles. The van der Waals surface area contributed by atoms with E-state index in [0.29, 0.717) is 17.4 Å². The Morgan fingerprint density at radius 3 is 2.18 bits per heavy atom. The highest BCUT2D eigenvalue weighted by Crippen LogP contribution is 2.45. The van der Waals surface area contributed by atoms with Crippen LogP contribution in [0.2, 0.25) is 4.34 Å². The van der Waals surface area contributed by atoms with Crippen LogP contribution in [0.3, 0.4) is 0 Å². The first-order chi connectivity index (χ1) is 13.3. The van der Waals surface area contributed by atoms with Crippen LogP contribution in [-0.2, 0) is 20.2 Å². The van der Waals surface area contributed by atoms with Crippen LogP contribution in [0.1, 0.15) is 24.8 Å². The van der Waals surface area contributed by atoms with E-state index >= 15 is 0 Å². The van der Waals surface area contributed by atoms with Gasteiger partial charge in [-0.2, -0.15) is 4.31 Å². The minimum atomic E-state index is -3.59. The van der Waals surface area contributed by atoms with E-state index in [1.165, 1.54) is 22.5 Å². The predicted molar refractivity (Wildman–Crippen MR) is 107 cm³/mol. The average molecular weight is 443 g/mol. The Balaban J connectivity index is 1.47. The minimum Gasteiger partial charge on any atom is -0.339 e. The molecule has 0 bridgehead atoms. The van der Waals surface area contributed by atoms with Gasteiger partial charge in [-0.1, -0.05) is 30.2 Å². The number of carbonyl (C=O) groups is 1. The first kappa shape index (κ1) is 19.8. The second kappa shape index (κ2) is 7.40. The zero-order chi connectivity index (χ0) is 19.9. The molecule has 28 heavy (non-hydrogen) atoms. The molecule has 0 radical (unpaired) electrons. The summed E-state index contributed by atoms with van der Waals surface area (Å²) in [5.74, 6) is -0.306. The summed E-state index contributed by atoms with van der Waals surface area (Å²) in [5, 5.41) is 0. The Labute approximate surface area is 172 Å². The fourth-order valence-electron chi connectivity index (χ4n) is 3.92. The van der Waals surface area contributed by atoms with Crippen molar-refractivity contribution >= 4 is 38.9 Å². The number of thiophene rings is 1. The third-order valence-electron chi connectivity index (χ3n) is 5.68. The van der Waals surface area contributed by atoms with Crippen LogP contribution in [0.4, 0.5) is 4.39 Å². The topological polar surface area (TPSA) is 57.7 Å². The zero-order valence-corrected chi connectivity index (χ0v) is 17.5. The fraction of sp³-hybridized carbons (Fsp3) is 0.421. The van der Waals surface area contributed by atoms with E-state index in [-0.39, 0.29) is 29.0 Å². The van der Waals surface area contributed by atoms with Crippen molar-refractivity contribution in [2.24, 2.45) is 0 Å². The lowest BCUT2D eigenvalue weighted by Crippen LogP contribution is -2.57. The van der Waals surface area contributed by atoms with Gasteiger partial charge in [-0.3, -0.25) is 4.79 Å². The Hall–Kier alpha value is -1.48. The van der Waals surface area contributed by atoms with E-state index in [1.807, 2.05) is 0 Å². The van der Waals surface area contributed by atoms with E-state index in [2.05, 4.69) is 0 Å². The summed E-state index contributed by atoms with van der Waals surface area (Å²) < 4.78 is 40.8. The fourth-order valence-corrected chi connectivity index (χ4v) is 6.98. The molecule has 2 aromatic rings. The van der Waals surface area contributed by atoms with Crippen molar-refractivity contribution in [1.29, 1.82) is 0 Å².